The van der Waals surface area contributed by atoms with Crippen LogP contribution in [0.5, 0.6) is 0 Å². The van der Waals surface area contributed by atoms with Gasteiger partial charge in [0.15, 0.2) is 0 Å². The Kier molecular flexibility index (Phi) is 9.47. The molecule has 0 fully saturated rings. The lowest BCUT2D eigenvalue weighted by Crippen LogP contribution is -2.43. The van der Waals surface area contributed by atoms with E-state index in [4.69, 9.17) is 0 Å². The summed E-state index contributed by atoms with van der Waals surface area (Å²) in [5.74, 6) is 2.11. The molecule has 0 heterocycles. The minimum absolute atomic E-state index is 0.0855. The monoisotopic (exact) mass is 816 g/mol. The Hall–Kier alpha value is -3.05. The summed E-state index contributed by atoms with van der Waals surface area (Å²) < 4.78 is 0.425. The fourth-order valence-electron chi connectivity index (χ4n) is 10.1. The van der Waals surface area contributed by atoms with Crippen molar-refractivity contribution in [2.24, 2.45) is 28.6 Å². The van der Waals surface area contributed by atoms with E-state index >= 15 is 0 Å². The van der Waals surface area contributed by atoms with Gasteiger partial charge in [-0.05, 0) is 165 Å². The largest absolute Gasteiger partial charge is 0.335 e. The molecule has 7 atom stereocenters. The first-order valence-corrected chi connectivity index (χ1v) is 21.8. The average molecular weight is 817 g/mol. The number of hydrogen-bond acceptors (Lipinski definition) is 2. The van der Waals surface area contributed by atoms with E-state index in [2.05, 4.69) is 181 Å². The number of anilines is 2. The van der Waals surface area contributed by atoms with Crippen LogP contribution in [0.1, 0.15) is 115 Å². The summed E-state index contributed by atoms with van der Waals surface area (Å²) in [4.78, 5) is 5.41. The van der Waals surface area contributed by atoms with Crippen LogP contribution in [0.2, 0.25) is 0 Å². The van der Waals surface area contributed by atoms with Crippen LogP contribution in [0.15, 0.2) is 113 Å². The first-order valence-electron chi connectivity index (χ1n) is 20.5. The number of alkyl halides is 1. The summed E-state index contributed by atoms with van der Waals surface area (Å²) in [5, 5.41) is 0. The fraction of sp³-hybridized carbons (Fsp3) is 0.480. The predicted molar refractivity (Wildman–Crippen MR) is 236 cm³/mol. The van der Waals surface area contributed by atoms with E-state index in [1.54, 1.807) is 27.8 Å². The number of aryl methyl sites for hydroxylation is 2. The zero-order chi connectivity index (χ0) is 37.6. The Morgan fingerprint density at radius 3 is 2.36 bits per heavy atom. The summed E-state index contributed by atoms with van der Waals surface area (Å²) >= 11 is 2.81. The lowest BCUT2D eigenvalue weighted by molar-refractivity contribution is 0.303. The van der Waals surface area contributed by atoms with Crippen LogP contribution in [-0.2, 0) is 12.8 Å². The van der Waals surface area contributed by atoms with Crippen molar-refractivity contribution < 1.29 is 0 Å². The van der Waals surface area contributed by atoms with Gasteiger partial charge in [-0.25, -0.2) is 0 Å². The Morgan fingerprint density at radius 1 is 0.849 bits per heavy atom. The van der Waals surface area contributed by atoms with Gasteiger partial charge >= 0.3 is 0 Å². The Balaban J connectivity index is 1.33. The van der Waals surface area contributed by atoms with Gasteiger partial charge in [0.1, 0.15) is 0 Å². The molecule has 0 N–H and O–H groups in total. The van der Waals surface area contributed by atoms with E-state index in [-0.39, 0.29) is 10.8 Å². The molecule has 6 aliphatic carbocycles. The predicted octanol–water partition coefficient (Wildman–Crippen LogP) is 13.6. The molecule has 0 saturated carbocycles. The smallest absolute Gasteiger partial charge is 0.0525 e. The maximum absolute atomic E-state index is 2.81. The van der Waals surface area contributed by atoms with Gasteiger partial charge in [-0.15, -0.1) is 0 Å². The second-order valence-electron chi connectivity index (χ2n) is 18.6. The molecule has 0 saturated heterocycles. The number of nitrogens with zero attached hydrogens (tertiary/aromatic N) is 2. The first kappa shape index (κ1) is 36.9. The van der Waals surface area contributed by atoms with Crippen LogP contribution < -0.4 is 9.80 Å². The second kappa shape index (κ2) is 13.6. The van der Waals surface area contributed by atoms with E-state index in [1.165, 1.54) is 64.4 Å². The van der Waals surface area contributed by atoms with Crippen molar-refractivity contribution in [1.82, 2.24) is 0 Å². The maximum Gasteiger partial charge on any atom is 0.0525 e. The van der Waals surface area contributed by atoms with Crippen LogP contribution in [0.4, 0.5) is 11.4 Å². The molecule has 0 radical (unpaired) electrons. The molecule has 2 nitrogen and oxygen atoms in total. The molecule has 53 heavy (non-hydrogen) atoms. The van der Waals surface area contributed by atoms with Gasteiger partial charge in [0.25, 0.3) is 0 Å². The van der Waals surface area contributed by atoms with Crippen molar-refractivity contribution in [2.45, 2.75) is 124 Å². The number of halogens is 1. The van der Waals surface area contributed by atoms with E-state index in [1.807, 2.05) is 0 Å². The second-order valence-corrected chi connectivity index (χ2v) is 20.1. The van der Waals surface area contributed by atoms with Gasteiger partial charge in [-0.3, -0.25) is 0 Å². The van der Waals surface area contributed by atoms with Crippen LogP contribution in [0, 0.1) is 42.4 Å². The Morgan fingerprint density at radius 2 is 1.64 bits per heavy atom. The number of allylic oxidation sites excluding steroid dienone is 10. The van der Waals surface area contributed by atoms with E-state index in [0.29, 0.717) is 33.6 Å². The molecule has 6 aliphatic rings. The van der Waals surface area contributed by atoms with E-state index in [0.717, 1.165) is 19.3 Å². The number of hydrogen-bond donors (Lipinski definition) is 0. The zero-order valence-electron chi connectivity index (χ0n) is 34.0. The molecule has 2 aromatic rings. The van der Waals surface area contributed by atoms with Crippen LogP contribution in [0.25, 0.3) is 0 Å². The highest BCUT2D eigenvalue weighted by Gasteiger charge is 2.50. The van der Waals surface area contributed by atoms with Gasteiger partial charge in [-0.1, -0.05) is 118 Å². The van der Waals surface area contributed by atoms with Crippen molar-refractivity contribution in [2.75, 3.05) is 9.80 Å². The fourth-order valence-corrected chi connectivity index (χ4v) is 11.2. The van der Waals surface area contributed by atoms with E-state index < -0.39 is 0 Å². The highest BCUT2D eigenvalue weighted by atomic mass is 127. The van der Waals surface area contributed by atoms with Crippen molar-refractivity contribution in [3.05, 3.63) is 141 Å². The summed E-state index contributed by atoms with van der Waals surface area (Å²) in [6.07, 6.45) is 27.1. The van der Waals surface area contributed by atoms with Crippen molar-refractivity contribution >= 4 is 34.0 Å². The molecule has 3 heteroatoms. The third kappa shape index (κ3) is 6.29. The van der Waals surface area contributed by atoms with E-state index in [9.17, 15) is 0 Å². The van der Waals surface area contributed by atoms with Crippen LogP contribution in [0.3, 0.4) is 0 Å². The third-order valence-corrected chi connectivity index (χ3v) is 15.7. The molecular weight excluding hydrogens is 755 g/mol. The van der Waals surface area contributed by atoms with Crippen LogP contribution in [-0.4, -0.2) is 9.97 Å². The minimum atomic E-state index is 0.0855. The lowest BCUT2D eigenvalue weighted by Gasteiger charge is -2.52. The van der Waals surface area contributed by atoms with Crippen molar-refractivity contribution in [3.8, 4) is 0 Å². The lowest BCUT2D eigenvalue weighted by atomic mass is 9.56. The van der Waals surface area contributed by atoms with Gasteiger partial charge < -0.3 is 9.80 Å². The number of rotatable bonds is 6. The normalized spacial score (nSPS) is 31.3. The zero-order valence-corrected chi connectivity index (χ0v) is 36.1. The Labute approximate surface area is 334 Å². The highest BCUT2D eigenvalue weighted by molar-refractivity contribution is 14.1. The quantitative estimate of drug-likeness (QED) is 0.163. The molecular formula is C50H61IN2. The number of benzene rings is 2. The molecule has 2 aromatic carbocycles. The van der Waals surface area contributed by atoms with Crippen LogP contribution >= 0.6 is 22.6 Å². The molecule has 0 bridgehead atoms. The summed E-state index contributed by atoms with van der Waals surface area (Å²) in [6, 6.07) is 12.5. The maximum atomic E-state index is 2.81. The summed E-state index contributed by atoms with van der Waals surface area (Å²) in [6.45, 7) is 23.7. The molecule has 278 valence electrons. The minimum Gasteiger partial charge on any atom is -0.335 e. The van der Waals surface area contributed by atoms with Crippen molar-refractivity contribution in [1.29, 1.82) is 0 Å². The Bertz CT molecular complexity index is 2060. The van der Waals surface area contributed by atoms with Gasteiger partial charge in [0.05, 0.1) is 6.04 Å². The third-order valence-electron chi connectivity index (χ3n) is 14.6. The summed E-state index contributed by atoms with van der Waals surface area (Å²) in [7, 11) is 0. The topological polar surface area (TPSA) is 6.48 Å². The average Bonchev–Trinajstić information content (AvgIpc) is 3.11. The molecule has 8 rings (SSSR count). The SMILES string of the molecule is CC1=CC(N(C2=CC(C)C(C)C=C2)c2ccc3c4c2CCC2(C)C=CC(N(C5=CCC(C)(C)C(C)=C5)c5ccc(C)c(C)c5)=C(C(I)C3)C42)CC[C@@H]1C. The molecule has 0 aliphatic heterocycles. The summed E-state index contributed by atoms with van der Waals surface area (Å²) in [5.41, 5.74) is 19.2. The molecule has 6 unspecified atom stereocenters. The van der Waals surface area contributed by atoms with Gasteiger partial charge in [-0.2, -0.15) is 0 Å². The highest BCUT2D eigenvalue weighted by Crippen LogP contribution is 2.61. The molecule has 0 spiro atoms. The molecule has 0 amide bonds. The molecule has 0 aromatic heterocycles. The first-order chi connectivity index (χ1) is 25.2. The van der Waals surface area contributed by atoms with Crippen molar-refractivity contribution in [3.63, 3.8) is 0 Å². The van der Waals surface area contributed by atoms with Gasteiger partial charge in [0.2, 0.25) is 0 Å². The van der Waals surface area contributed by atoms with Gasteiger partial charge in [0, 0.05) is 38.3 Å². The standard InChI is InChI=1S/C50H61IN2/c1-30-11-15-38(25-33(30)4)52(39-16-12-31(2)34(5)26-39)44-18-14-37-29-43(51)47-45(21-24-50(10)23-20-42(44)46(37)48(47)50)53(40-17-13-32(3)35(6)27-40)41-19-22-49(8,9)36(7)28-41/h11,13-15,17-19,21,24-28,30-31,33,39,43,48H,12,16,20,22-23,29H2,1-10H3/t30?,31-,33?,39?,43?,48?,50?/m0/s1.